The fraction of sp³-hybridized carbons (Fsp3) is 0.208. The van der Waals surface area contributed by atoms with E-state index >= 15 is 0 Å². The minimum absolute atomic E-state index is 0.0409. The first kappa shape index (κ1) is 18.7. The lowest BCUT2D eigenvalue weighted by atomic mass is 10.0. The zero-order valence-electron chi connectivity index (χ0n) is 16.1. The highest BCUT2D eigenvalue weighted by atomic mass is 16.2. The van der Waals surface area contributed by atoms with E-state index in [1.54, 1.807) is 0 Å². The van der Waals surface area contributed by atoms with Crippen molar-refractivity contribution in [2.45, 2.75) is 32.4 Å². The van der Waals surface area contributed by atoms with Crippen LogP contribution < -0.4 is 10.6 Å². The molecule has 0 fully saturated rings. The Morgan fingerprint density at radius 3 is 1.81 bits per heavy atom. The predicted molar refractivity (Wildman–Crippen MR) is 113 cm³/mol. The number of nitrogens with one attached hydrogen (secondary N) is 2. The van der Waals surface area contributed by atoms with Gasteiger partial charge >= 0.3 is 0 Å². The van der Waals surface area contributed by atoms with Crippen LogP contribution in [0.1, 0.15) is 32.4 Å². The standard InChI is InChI=1S/C24H26N2O/c1-24(2,3)26-23(27)22(20-12-8-5-9-13-20)25-21-16-14-19(15-17-21)18-10-6-4-7-11-18/h4-17,22,25H,1-3H3,(H,26,27). The molecule has 3 nitrogen and oxygen atoms in total. The maximum absolute atomic E-state index is 12.9. The molecule has 27 heavy (non-hydrogen) atoms. The molecule has 138 valence electrons. The third-order valence-corrected chi connectivity index (χ3v) is 4.20. The lowest BCUT2D eigenvalue weighted by Crippen LogP contribution is -2.44. The highest BCUT2D eigenvalue weighted by Crippen LogP contribution is 2.24. The van der Waals surface area contributed by atoms with E-state index in [4.69, 9.17) is 0 Å². The topological polar surface area (TPSA) is 41.1 Å². The summed E-state index contributed by atoms with van der Waals surface area (Å²) in [6.45, 7) is 5.96. The monoisotopic (exact) mass is 358 g/mol. The molecule has 0 saturated carbocycles. The van der Waals surface area contributed by atoms with Crippen molar-refractivity contribution in [3.63, 3.8) is 0 Å². The van der Waals surface area contributed by atoms with Gasteiger partial charge in [0, 0.05) is 11.2 Å². The van der Waals surface area contributed by atoms with Gasteiger partial charge in [-0.3, -0.25) is 4.79 Å². The number of amides is 1. The Labute approximate surface area is 161 Å². The van der Waals surface area contributed by atoms with Crippen LogP contribution in [-0.2, 0) is 4.79 Å². The lowest BCUT2D eigenvalue weighted by Gasteiger charge is -2.26. The minimum atomic E-state index is -0.451. The molecule has 0 aliphatic heterocycles. The fourth-order valence-electron chi connectivity index (χ4n) is 2.94. The van der Waals surface area contributed by atoms with Gasteiger partial charge in [-0.05, 0) is 49.6 Å². The number of benzene rings is 3. The Kier molecular flexibility index (Phi) is 5.60. The van der Waals surface area contributed by atoms with Gasteiger partial charge in [-0.25, -0.2) is 0 Å². The molecule has 0 heterocycles. The van der Waals surface area contributed by atoms with Crippen molar-refractivity contribution in [3.05, 3.63) is 90.5 Å². The largest absolute Gasteiger partial charge is 0.370 e. The van der Waals surface area contributed by atoms with Gasteiger partial charge in [0.25, 0.3) is 0 Å². The van der Waals surface area contributed by atoms with Crippen molar-refractivity contribution in [2.75, 3.05) is 5.32 Å². The Hall–Kier alpha value is -3.07. The van der Waals surface area contributed by atoms with Crippen LogP contribution in [0.2, 0.25) is 0 Å². The second kappa shape index (κ2) is 8.09. The van der Waals surface area contributed by atoms with Gasteiger partial charge in [0.05, 0.1) is 0 Å². The van der Waals surface area contributed by atoms with E-state index < -0.39 is 6.04 Å². The van der Waals surface area contributed by atoms with Gasteiger partial charge in [0.1, 0.15) is 6.04 Å². The maximum Gasteiger partial charge on any atom is 0.247 e. The van der Waals surface area contributed by atoms with E-state index in [0.717, 1.165) is 16.8 Å². The quantitative estimate of drug-likeness (QED) is 0.639. The van der Waals surface area contributed by atoms with Crippen LogP contribution in [0.3, 0.4) is 0 Å². The van der Waals surface area contributed by atoms with Gasteiger partial charge < -0.3 is 10.6 Å². The molecule has 1 atom stereocenters. The van der Waals surface area contributed by atoms with Crippen molar-refractivity contribution in [2.24, 2.45) is 0 Å². The van der Waals surface area contributed by atoms with Crippen molar-refractivity contribution in [1.29, 1.82) is 0 Å². The van der Waals surface area contributed by atoms with Crippen LogP contribution in [0.15, 0.2) is 84.9 Å². The smallest absolute Gasteiger partial charge is 0.247 e. The summed E-state index contributed by atoms with van der Waals surface area (Å²) in [5.41, 5.74) is 3.88. The summed E-state index contributed by atoms with van der Waals surface area (Å²) < 4.78 is 0. The molecule has 3 aromatic rings. The summed E-state index contributed by atoms with van der Waals surface area (Å²) in [5.74, 6) is -0.0409. The number of rotatable bonds is 5. The van der Waals surface area contributed by atoms with E-state index in [1.165, 1.54) is 5.56 Å². The molecule has 3 aromatic carbocycles. The Bertz CT molecular complexity index is 866. The molecule has 1 unspecified atom stereocenters. The number of carbonyl (C=O) groups is 1. The van der Waals surface area contributed by atoms with E-state index in [9.17, 15) is 4.79 Å². The van der Waals surface area contributed by atoms with Gasteiger partial charge in [-0.1, -0.05) is 72.8 Å². The molecule has 0 aliphatic rings. The third-order valence-electron chi connectivity index (χ3n) is 4.20. The molecular weight excluding hydrogens is 332 g/mol. The molecule has 3 heteroatoms. The Morgan fingerprint density at radius 1 is 0.741 bits per heavy atom. The normalized spacial score (nSPS) is 12.3. The SMILES string of the molecule is CC(C)(C)NC(=O)C(Nc1ccc(-c2ccccc2)cc1)c1ccccc1. The Morgan fingerprint density at radius 2 is 1.26 bits per heavy atom. The van der Waals surface area contributed by atoms with Crippen molar-refractivity contribution in [1.82, 2.24) is 5.32 Å². The third kappa shape index (κ3) is 5.20. The first-order valence-electron chi connectivity index (χ1n) is 9.21. The maximum atomic E-state index is 12.9. The highest BCUT2D eigenvalue weighted by molar-refractivity contribution is 5.86. The highest BCUT2D eigenvalue weighted by Gasteiger charge is 2.24. The summed E-state index contributed by atoms with van der Waals surface area (Å²) in [6, 6.07) is 27.8. The Balaban J connectivity index is 1.82. The summed E-state index contributed by atoms with van der Waals surface area (Å²) in [6.07, 6.45) is 0. The van der Waals surface area contributed by atoms with Crippen molar-refractivity contribution >= 4 is 11.6 Å². The molecule has 3 rings (SSSR count). The van der Waals surface area contributed by atoms with Crippen LogP contribution in [0.25, 0.3) is 11.1 Å². The van der Waals surface area contributed by atoms with E-state index in [2.05, 4.69) is 34.9 Å². The van der Waals surface area contributed by atoms with E-state index in [0.29, 0.717) is 0 Å². The van der Waals surface area contributed by atoms with E-state index in [-0.39, 0.29) is 11.4 Å². The van der Waals surface area contributed by atoms with Gasteiger partial charge in [-0.15, -0.1) is 0 Å². The van der Waals surface area contributed by atoms with Crippen LogP contribution in [0.5, 0.6) is 0 Å². The average molecular weight is 358 g/mol. The van der Waals surface area contributed by atoms with Crippen LogP contribution in [0, 0.1) is 0 Å². The number of hydrogen-bond donors (Lipinski definition) is 2. The zero-order valence-corrected chi connectivity index (χ0v) is 16.1. The van der Waals surface area contributed by atoms with Gasteiger partial charge in [0.15, 0.2) is 0 Å². The second-order valence-corrected chi connectivity index (χ2v) is 7.67. The average Bonchev–Trinajstić information content (AvgIpc) is 2.66. The molecular formula is C24H26N2O. The predicted octanol–water partition coefficient (Wildman–Crippen LogP) is 5.42. The number of carbonyl (C=O) groups excluding carboxylic acids is 1. The molecule has 2 N–H and O–H groups in total. The molecule has 0 radical (unpaired) electrons. The molecule has 0 spiro atoms. The fourth-order valence-corrected chi connectivity index (χ4v) is 2.94. The summed E-state index contributed by atoms with van der Waals surface area (Å²) in [4.78, 5) is 12.9. The molecule has 1 amide bonds. The lowest BCUT2D eigenvalue weighted by molar-refractivity contribution is -0.123. The first-order chi connectivity index (χ1) is 12.9. The molecule has 0 saturated heterocycles. The number of anilines is 1. The van der Waals surface area contributed by atoms with Crippen LogP contribution in [-0.4, -0.2) is 11.4 Å². The molecule has 0 aromatic heterocycles. The molecule has 0 aliphatic carbocycles. The summed E-state index contributed by atoms with van der Waals surface area (Å²) in [7, 11) is 0. The minimum Gasteiger partial charge on any atom is -0.370 e. The van der Waals surface area contributed by atoms with Crippen LogP contribution in [0.4, 0.5) is 5.69 Å². The van der Waals surface area contributed by atoms with E-state index in [1.807, 2.05) is 81.4 Å². The van der Waals surface area contributed by atoms with Gasteiger partial charge in [0.2, 0.25) is 5.91 Å². The van der Waals surface area contributed by atoms with Crippen molar-refractivity contribution in [3.8, 4) is 11.1 Å². The summed E-state index contributed by atoms with van der Waals surface area (Å²) in [5, 5.41) is 6.46. The first-order valence-corrected chi connectivity index (χ1v) is 9.21. The second-order valence-electron chi connectivity index (χ2n) is 7.67. The zero-order chi connectivity index (χ0) is 19.3. The molecule has 0 bridgehead atoms. The number of hydrogen-bond acceptors (Lipinski definition) is 2. The van der Waals surface area contributed by atoms with Gasteiger partial charge in [-0.2, -0.15) is 0 Å². The summed E-state index contributed by atoms with van der Waals surface area (Å²) >= 11 is 0. The van der Waals surface area contributed by atoms with Crippen LogP contribution >= 0.6 is 0 Å². The van der Waals surface area contributed by atoms with Crippen molar-refractivity contribution < 1.29 is 4.79 Å².